The second kappa shape index (κ2) is 5.41. The van der Waals surface area contributed by atoms with Gasteiger partial charge >= 0.3 is 0 Å². The number of aliphatic hydroxyl groups excluding tert-OH is 1. The van der Waals surface area contributed by atoms with Crippen molar-refractivity contribution >= 4 is 0 Å². The van der Waals surface area contributed by atoms with Gasteiger partial charge in [0.2, 0.25) is 0 Å². The summed E-state index contributed by atoms with van der Waals surface area (Å²) in [4.78, 5) is 4.22. The molecule has 0 amide bonds. The van der Waals surface area contributed by atoms with E-state index in [0.717, 1.165) is 17.7 Å². The van der Waals surface area contributed by atoms with E-state index < -0.39 is 0 Å². The molecule has 1 saturated carbocycles. The number of ether oxygens (including phenoxy) is 1. The van der Waals surface area contributed by atoms with Crippen LogP contribution in [0, 0.1) is 5.92 Å². The molecule has 0 bridgehead atoms. The van der Waals surface area contributed by atoms with Gasteiger partial charge in [0, 0.05) is 12.8 Å². The molecule has 3 nitrogen and oxygen atoms in total. The summed E-state index contributed by atoms with van der Waals surface area (Å²) in [6.45, 7) is 0.819. The SMILES string of the molecule is OCC1C[C@@H]1c1cncc(OCc2ccccc2)c1. The van der Waals surface area contributed by atoms with Gasteiger partial charge in [0.1, 0.15) is 12.4 Å². The Bertz CT molecular complexity index is 541. The zero-order chi connectivity index (χ0) is 13.1. The fourth-order valence-corrected chi connectivity index (χ4v) is 2.32. The van der Waals surface area contributed by atoms with Gasteiger partial charge in [0.15, 0.2) is 0 Å². The molecule has 98 valence electrons. The predicted octanol–water partition coefficient (Wildman–Crippen LogP) is 2.76. The molecule has 1 aliphatic carbocycles. The van der Waals surface area contributed by atoms with E-state index in [0.29, 0.717) is 18.4 Å². The van der Waals surface area contributed by atoms with Crippen LogP contribution < -0.4 is 4.74 Å². The van der Waals surface area contributed by atoms with Gasteiger partial charge in [-0.2, -0.15) is 0 Å². The summed E-state index contributed by atoms with van der Waals surface area (Å²) >= 11 is 0. The Balaban J connectivity index is 1.64. The highest BCUT2D eigenvalue weighted by Crippen LogP contribution is 2.47. The van der Waals surface area contributed by atoms with Crippen molar-refractivity contribution in [3.05, 3.63) is 59.9 Å². The van der Waals surface area contributed by atoms with Crippen molar-refractivity contribution in [2.75, 3.05) is 6.61 Å². The maximum absolute atomic E-state index is 9.11. The molecule has 1 aromatic heterocycles. The first kappa shape index (κ1) is 12.2. The third-order valence-corrected chi connectivity index (χ3v) is 3.57. The van der Waals surface area contributed by atoms with Crippen LogP contribution in [0.25, 0.3) is 0 Å². The molecular formula is C16H17NO2. The molecule has 2 atom stereocenters. The summed E-state index contributed by atoms with van der Waals surface area (Å²) < 4.78 is 5.75. The third kappa shape index (κ3) is 2.93. The standard InChI is InChI=1S/C16H17NO2/c18-10-14-7-16(14)13-6-15(9-17-8-13)19-11-12-4-2-1-3-5-12/h1-6,8-9,14,16,18H,7,10-11H2/t14?,16-/m1/s1. The van der Waals surface area contributed by atoms with E-state index in [2.05, 4.69) is 4.98 Å². The van der Waals surface area contributed by atoms with Crippen LogP contribution in [0.1, 0.15) is 23.5 Å². The van der Waals surface area contributed by atoms with Crippen molar-refractivity contribution in [3.63, 3.8) is 0 Å². The average molecular weight is 255 g/mol. The van der Waals surface area contributed by atoms with Crippen LogP contribution in [0.4, 0.5) is 0 Å². The van der Waals surface area contributed by atoms with E-state index in [9.17, 15) is 0 Å². The molecule has 19 heavy (non-hydrogen) atoms. The first-order chi connectivity index (χ1) is 9.36. The molecule has 1 N–H and O–H groups in total. The fourth-order valence-electron chi connectivity index (χ4n) is 2.32. The van der Waals surface area contributed by atoms with E-state index >= 15 is 0 Å². The number of hydrogen-bond acceptors (Lipinski definition) is 3. The number of benzene rings is 1. The quantitative estimate of drug-likeness (QED) is 0.893. The zero-order valence-corrected chi connectivity index (χ0v) is 10.7. The van der Waals surface area contributed by atoms with Crippen molar-refractivity contribution in [1.82, 2.24) is 4.98 Å². The van der Waals surface area contributed by atoms with Gasteiger partial charge in [-0.15, -0.1) is 0 Å². The van der Waals surface area contributed by atoms with E-state index in [1.165, 1.54) is 5.56 Å². The minimum atomic E-state index is 0.264. The van der Waals surface area contributed by atoms with Crippen LogP contribution in [0.5, 0.6) is 5.75 Å². The van der Waals surface area contributed by atoms with Crippen molar-refractivity contribution in [3.8, 4) is 5.75 Å². The number of hydrogen-bond donors (Lipinski definition) is 1. The molecule has 0 spiro atoms. The van der Waals surface area contributed by atoms with Crippen molar-refractivity contribution < 1.29 is 9.84 Å². The van der Waals surface area contributed by atoms with Gasteiger partial charge < -0.3 is 9.84 Å². The van der Waals surface area contributed by atoms with E-state index in [1.807, 2.05) is 42.6 Å². The molecule has 3 rings (SSSR count). The molecule has 2 aromatic rings. The van der Waals surface area contributed by atoms with Crippen molar-refractivity contribution in [2.45, 2.75) is 18.9 Å². The highest BCUT2D eigenvalue weighted by atomic mass is 16.5. The van der Waals surface area contributed by atoms with Gasteiger partial charge in [-0.1, -0.05) is 30.3 Å². The lowest BCUT2D eigenvalue weighted by atomic mass is 10.1. The Morgan fingerprint density at radius 3 is 2.79 bits per heavy atom. The summed E-state index contributed by atoms with van der Waals surface area (Å²) in [6, 6.07) is 12.1. The summed E-state index contributed by atoms with van der Waals surface area (Å²) in [5.74, 6) is 1.66. The van der Waals surface area contributed by atoms with Crippen molar-refractivity contribution in [2.24, 2.45) is 5.92 Å². The second-order valence-electron chi connectivity index (χ2n) is 5.01. The molecule has 1 fully saturated rings. The Hall–Kier alpha value is -1.87. The van der Waals surface area contributed by atoms with Crippen LogP contribution in [0.15, 0.2) is 48.8 Å². The first-order valence-electron chi connectivity index (χ1n) is 6.59. The second-order valence-corrected chi connectivity index (χ2v) is 5.01. The maximum Gasteiger partial charge on any atom is 0.138 e. The number of aliphatic hydroxyl groups is 1. The minimum Gasteiger partial charge on any atom is -0.487 e. The normalized spacial score (nSPS) is 21.1. The fraction of sp³-hybridized carbons (Fsp3) is 0.312. The lowest BCUT2D eigenvalue weighted by Crippen LogP contribution is -1.97. The minimum absolute atomic E-state index is 0.264. The van der Waals surface area contributed by atoms with Gasteiger partial charge in [-0.25, -0.2) is 0 Å². The maximum atomic E-state index is 9.11. The molecule has 1 unspecified atom stereocenters. The Labute approximate surface area is 112 Å². The molecule has 1 aliphatic rings. The highest BCUT2D eigenvalue weighted by molar-refractivity contribution is 5.30. The van der Waals surface area contributed by atoms with Crippen LogP contribution in [-0.2, 0) is 6.61 Å². The summed E-state index contributed by atoms with van der Waals surface area (Å²) in [7, 11) is 0. The van der Waals surface area contributed by atoms with Gasteiger partial charge in [0.25, 0.3) is 0 Å². The summed E-state index contributed by atoms with van der Waals surface area (Å²) in [6.07, 6.45) is 4.67. The molecule has 0 saturated heterocycles. The molecule has 0 radical (unpaired) electrons. The van der Waals surface area contributed by atoms with E-state index in [-0.39, 0.29) is 6.61 Å². The van der Waals surface area contributed by atoms with Gasteiger partial charge in [0.05, 0.1) is 6.20 Å². The summed E-state index contributed by atoms with van der Waals surface area (Å²) in [5, 5.41) is 9.11. The van der Waals surface area contributed by atoms with Crippen LogP contribution >= 0.6 is 0 Å². The topological polar surface area (TPSA) is 42.4 Å². The predicted molar refractivity (Wildman–Crippen MR) is 72.9 cm³/mol. The van der Waals surface area contributed by atoms with Gasteiger partial charge in [-0.05, 0) is 35.4 Å². The largest absolute Gasteiger partial charge is 0.487 e. The lowest BCUT2D eigenvalue weighted by molar-refractivity contribution is 0.273. The van der Waals surface area contributed by atoms with Crippen LogP contribution in [-0.4, -0.2) is 16.7 Å². The third-order valence-electron chi connectivity index (χ3n) is 3.57. The lowest BCUT2D eigenvalue weighted by Gasteiger charge is -2.07. The Morgan fingerprint density at radius 2 is 2.05 bits per heavy atom. The molecule has 0 aliphatic heterocycles. The van der Waals surface area contributed by atoms with E-state index in [4.69, 9.17) is 9.84 Å². The monoisotopic (exact) mass is 255 g/mol. The Morgan fingerprint density at radius 1 is 1.21 bits per heavy atom. The zero-order valence-electron chi connectivity index (χ0n) is 10.7. The Kier molecular flexibility index (Phi) is 3.47. The smallest absolute Gasteiger partial charge is 0.138 e. The first-order valence-corrected chi connectivity index (χ1v) is 6.59. The average Bonchev–Trinajstić information content (AvgIpc) is 3.26. The summed E-state index contributed by atoms with van der Waals surface area (Å²) in [5.41, 5.74) is 2.32. The number of aromatic nitrogens is 1. The van der Waals surface area contributed by atoms with Crippen molar-refractivity contribution in [1.29, 1.82) is 0 Å². The number of pyridine rings is 1. The highest BCUT2D eigenvalue weighted by Gasteiger charge is 2.37. The van der Waals surface area contributed by atoms with E-state index in [1.54, 1.807) is 6.20 Å². The van der Waals surface area contributed by atoms with Crippen LogP contribution in [0.3, 0.4) is 0 Å². The number of rotatable bonds is 5. The molecule has 3 heteroatoms. The van der Waals surface area contributed by atoms with Gasteiger partial charge in [-0.3, -0.25) is 4.98 Å². The molecule has 1 heterocycles. The molecule has 1 aromatic carbocycles. The van der Waals surface area contributed by atoms with Crippen LogP contribution in [0.2, 0.25) is 0 Å². The number of nitrogens with zero attached hydrogens (tertiary/aromatic N) is 1. The molecular weight excluding hydrogens is 238 g/mol.